The maximum Gasteiger partial charge on any atom is 0.143 e. The molecule has 0 aliphatic carbocycles. The van der Waals surface area contributed by atoms with Crippen molar-refractivity contribution in [2.75, 3.05) is 0 Å². The van der Waals surface area contributed by atoms with Gasteiger partial charge < -0.3 is 5.11 Å². The molecule has 1 heterocycles. The molecule has 0 saturated heterocycles. The van der Waals surface area contributed by atoms with Gasteiger partial charge in [0.05, 0.1) is 15.9 Å². The fraction of sp³-hybridized carbons (Fsp3) is 0.0952. The molecule has 1 N–H and O–H groups in total. The molecule has 3 aromatic carbocycles. The van der Waals surface area contributed by atoms with Crippen molar-refractivity contribution in [3.63, 3.8) is 0 Å². The van der Waals surface area contributed by atoms with Crippen LogP contribution in [0.3, 0.4) is 0 Å². The minimum absolute atomic E-state index is 0.0302. The molecule has 4 rings (SSSR count). The third-order valence-corrected chi connectivity index (χ3v) is 5.19. The molecule has 4 aromatic rings. The van der Waals surface area contributed by atoms with E-state index in [0.717, 1.165) is 20.8 Å². The number of hydrogen-bond acceptors (Lipinski definition) is 5. The van der Waals surface area contributed by atoms with Gasteiger partial charge in [-0.05, 0) is 66.6 Å². The highest BCUT2D eigenvalue weighted by Crippen LogP contribution is 2.33. The Morgan fingerprint density at radius 1 is 1.00 bits per heavy atom. The number of phenols is 1. The van der Waals surface area contributed by atoms with E-state index in [2.05, 4.69) is 34.3 Å². The minimum Gasteiger partial charge on any atom is -0.506 e. The van der Waals surface area contributed by atoms with Gasteiger partial charge in [0.1, 0.15) is 23.1 Å². The fourth-order valence-electron chi connectivity index (χ4n) is 2.67. The molecule has 6 heteroatoms. The molecule has 0 fully saturated rings. The van der Waals surface area contributed by atoms with Crippen molar-refractivity contribution in [3.05, 3.63) is 71.8 Å². The van der Waals surface area contributed by atoms with Crippen LogP contribution >= 0.6 is 11.3 Å². The second-order valence-corrected chi connectivity index (χ2v) is 7.22. The predicted molar refractivity (Wildman–Crippen MR) is 107 cm³/mol. The molecule has 0 bridgehead atoms. The molecule has 0 amide bonds. The van der Waals surface area contributed by atoms with E-state index in [0.29, 0.717) is 11.3 Å². The number of hydrogen-bond donors (Lipinski definition) is 1. The van der Waals surface area contributed by atoms with Gasteiger partial charge in [0, 0.05) is 5.56 Å². The van der Waals surface area contributed by atoms with Crippen LogP contribution < -0.4 is 0 Å². The molecular weight excluding hydrogens is 361 g/mol. The monoisotopic (exact) mass is 377 g/mol. The molecular formula is C21H16FN3OS. The highest BCUT2D eigenvalue weighted by Gasteiger charge is 2.07. The number of aryl methyl sites for hydroxylation is 1. The van der Waals surface area contributed by atoms with E-state index >= 15 is 0 Å². The second-order valence-electron chi connectivity index (χ2n) is 6.19. The molecule has 0 spiro atoms. The number of phenolic OH excluding ortho intramolecular Hbond substituents is 1. The van der Waals surface area contributed by atoms with Gasteiger partial charge in [0.15, 0.2) is 0 Å². The number of fused-ring (bicyclic) bond motifs is 1. The minimum atomic E-state index is -0.612. The summed E-state index contributed by atoms with van der Waals surface area (Å²) in [5.74, 6) is -0.0302. The van der Waals surface area contributed by atoms with E-state index in [9.17, 15) is 9.50 Å². The zero-order chi connectivity index (χ0) is 18.8. The summed E-state index contributed by atoms with van der Waals surface area (Å²) < 4.78 is 13.9. The average molecular weight is 377 g/mol. The Morgan fingerprint density at radius 2 is 1.81 bits per heavy atom. The van der Waals surface area contributed by atoms with Crippen LogP contribution in [0.25, 0.3) is 20.8 Å². The Bertz CT molecular complexity index is 1140. The summed E-state index contributed by atoms with van der Waals surface area (Å²) in [6.07, 6.45) is 0. The second kappa shape index (κ2) is 7.25. The molecule has 4 nitrogen and oxygen atoms in total. The van der Waals surface area contributed by atoms with Crippen LogP contribution in [-0.2, 0) is 6.67 Å². The first-order valence-corrected chi connectivity index (χ1v) is 9.21. The number of aromatic nitrogens is 1. The van der Waals surface area contributed by atoms with E-state index in [-0.39, 0.29) is 11.4 Å². The van der Waals surface area contributed by atoms with Crippen molar-refractivity contribution in [3.8, 4) is 16.3 Å². The Morgan fingerprint density at radius 3 is 2.59 bits per heavy atom. The van der Waals surface area contributed by atoms with E-state index in [1.807, 2.05) is 30.3 Å². The summed E-state index contributed by atoms with van der Waals surface area (Å²) in [4.78, 5) is 4.67. The van der Waals surface area contributed by atoms with Crippen LogP contribution in [0.5, 0.6) is 5.75 Å². The van der Waals surface area contributed by atoms with Crippen LogP contribution in [0.1, 0.15) is 11.1 Å². The SMILES string of the molecule is Cc1ccc2nc(-c3ccc(N=Nc4cc(CF)ccc4O)cc3)sc2c1. The molecule has 27 heavy (non-hydrogen) atoms. The van der Waals surface area contributed by atoms with Crippen molar-refractivity contribution >= 4 is 32.9 Å². The number of halogens is 1. The molecule has 0 saturated carbocycles. The zero-order valence-electron chi connectivity index (χ0n) is 14.6. The summed E-state index contributed by atoms with van der Waals surface area (Å²) in [5, 5.41) is 18.9. The Hall–Kier alpha value is -3.12. The Balaban J connectivity index is 1.58. The Labute approximate surface area is 159 Å². The van der Waals surface area contributed by atoms with Crippen molar-refractivity contribution in [2.45, 2.75) is 13.6 Å². The molecule has 0 aliphatic rings. The molecule has 0 aliphatic heterocycles. The van der Waals surface area contributed by atoms with Crippen molar-refractivity contribution < 1.29 is 9.50 Å². The van der Waals surface area contributed by atoms with E-state index in [1.165, 1.54) is 23.8 Å². The first-order chi connectivity index (χ1) is 13.1. The summed E-state index contributed by atoms with van der Waals surface area (Å²) in [7, 11) is 0. The van der Waals surface area contributed by atoms with Gasteiger partial charge in [-0.3, -0.25) is 0 Å². The summed E-state index contributed by atoms with van der Waals surface area (Å²) in [5.41, 5.74) is 4.55. The van der Waals surface area contributed by atoms with Crippen LogP contribution in [0.15, 0.2) is 70.9 Å². The van der Waals surface area contributed by atoms with Gasteiger partial charge in [-0.15, -0.1) is 16.5 Å². The standard InChI is InChI=1S/C21H16FN3OS/c1-13-2-8-17-20(10-13)27-21(23-17)15-4-6-16(7-5-15)24-25-18-11-14(12-22)3-9-19(18)26/h2-11,26H,12H2,1H3. The predicted octanol–water partition coefficient (Wildman–Crippen LogP) is 6.86. The Kier molecular flexibility index (Phi) is 4.64. The number of azo groups is 1. The summed E-state index contributed by atoms with van der Waals surface area (Å²) >= 11 is 1.65. The smallest absolute Gasteiger partial charge is 0.143 e. The van der Waals surface area contributed by atoms with Crippen LogP contribution in [0, 0.1) is 6.92 Å². The quantitative estimate of drug-likeness (QED) is 0.395. The molecule has 0 unspecified atom stereocenters. The lowest BCUT2D eigenvalue weighted by molar-refractivity contribution is 0.471. The normalized spacial score (nSPS) is 11.5. The third-order valence-electron chi connectivity index (χ3n) is 4.13. The average Bonchev–Trinajstić information content (AvgIpc) is 3.11. The van der Waals surface area contributed by atoms with Gasteiger partial charge >= 0.3 is 0 Å². The highest BCUT2D eigenvalue weighted by molar-refractivity contribution is 7.21. The lowest BCUT2D eigenvalue weighted by Crippen LogP contribution is -1.77. The largest absolute Gasteiger partial charge is 0.506 e. The van der Waals surface area contributed by atoms with Gasteiger partial charge in [-0.25, -0.2) is 9.37 Å². The summed E-state index contributed by atoms with van der Waals surface area (Å²) in [6, 6.07) is 18.2. The first kappa shape index (κ1) is 17.3. The molecule has 0 atom stereocenters. The topological polar surface area (TPSA) is 57.8 Å². The van der Waals surface area contributed by atoms with Gasteiger partial charge in [0.25, 0.3) is 0 Å². The maximum atomic E-state index is 12.7. The van der Waals surface area contributed by atoms with E-state index < -0.39 is 6.67 Å². The zero-order valence-corrected chi connectivity index (χ0v) is 15.4. The van der Waals surface area contributed by atoms with Gasteiger partial charge in [0.2, 0.25) is 0 Å². The van der Waals surface area contributed by atoms with Crippen LogP contribution in [0.4, 0.5) is 15.8 Å². The highest BCUT2D eigenvalue weighted by atomic mass is 32.1. The number of alkyl halides is 1. The fourth-order valence-corrected chi connectivity index (χ4v) is 3.74. The van der Waals surface area contributed by atoms with Crippen molar-refractivity contribution in [2.24, 2.45) is 10.2 Å². The maximum absolute atomic E-state index is 12.7. The third kappa shape index (κ3) is 3.71. The lowest BCUT2D eigenvalue weighted by Gasteiger charge is -2.00. The van der Waals surface area contributed by atoms with Crippen molar-refractivity contribution in [1.82, 2.24) is 4.98 Å². The molecule has 1 aromatic heterocycles. The molecule has 134 valence electrons. The van der Waals surface area contributed by atoms with E-state index in [1.54, 1.807) is 11.3 Å². The van der Waals surface area contributed by atoms with Crippen LogP contribution in [0.2, 0.25) is 0 Å². The van der Waals surface area contributed by atoms with Crippen molar-refractivity contribution in [1.29, 1.82) is 0 Å². The number of nitrogens with zero attached hydrogens (tertiary/aromatic N) is 3. The number of thiazole rings is 1. The number of rotatable bonds is 4. The molecule has 0 radical (unpaired) electrons. The first-order valence-electron chi connectivity index (χ1n) is 8.39. The van der Waals surface area contributed by atoms with Gasteiger partial charge in [-0.2, -0.15) is 5.11 Å². The number of benzene rings is 3. The van der Waals surface area contributed by atoms with Gasteiger partial charge in [-0.1, -0.05) is 12.1 Å². The lowest BCUT2D eigenvalue weighted by atomic mass is 10.2. The van der Waals surface area contributed by atoms with Crippen LogP contribution in [-0.4, -0.2) is 10.1 Å². The van der Waals surface area contributed by atoms with E-state index in [4.69, 9.17) is 0 Å². The summed E-state index contributed by atoms with van der Waals surface area (Å²) in [6.45, 7) is 1.46. The number of aromatic hydroxyl groups is 1.